The van der Waals surface area contributed by atoms with Gasteiger partial charge in [0.25, 0.3) is 5.91 Å². The number of likely N-dealkylation sites (tertiary alicyclic amines) is 1. The second kappa shape index (κ2) is 5.82. The van der Waals surface area contributed by atoms with Gasteiger partial charge < -0.3 is 14.9 Å². The van der Waals surface area contributed by atoms with E-state index in [4.69, 9.17) is 0 Å². The Morgan fingerprint density at radius 1 is 1.22 bits per heavy atom. The Bertz CT molecular complexity index is 563. The molecule has 3 fully saturated rings. The van der Waals surface area contributed by atoms with Crippen LogP contribution in [0.25, 0.3) is 0 Å². The normalized spacial score (nSPS) is 30.8. The summed E-state index contributed by atoms with van der Waals surface area (Å²) in [4.78, 5) is 51.5. The van der Waals surface area contributed by atoms with E-state index in [9.17, 15) is 24.3 Å². The van der Waals surface area contributed by atoms with Crippen LogP contribution in [0.4, 0.5) is 4.79 Å². The molecule has 0 aromatic heterocycles. The van der Waals surface area contributed by atoms with Gasteiger partial charge in [0.05, 0.1) is 0 Å². The van der Waals surface area contributed by atoms with Crippen LogP contribution in [0.15, 0.2) is 0 Å². The molecule has 3 aliphatic rings. The van der Waals surface area contributed by atoms with Gasteiger partial charge >= 0.3 is 12.0 Å². The molecule has 8 heteroatoms. The van der Waals surface area contributed by atoms with Gasteiger partial charge in [-0.1, -0.05) is 12.8 Å². The van der Waals surface area contributed by atoms with E-state index in [1.54, 1.807) is 0 Å². The number of amides is 4. The Morgan fingerprint density at radius 3 is 2.52 bits per heavy atom. The largest absolute Gasteiger partial charge is 0.480 e. The van der Waals surface area contributed by atoms with Crippen LogP contribution in [-0.4, -0.2) is 75.8 Å². The molecule has 8 nitrogen and oxygen atoms in total. The lowest BCUT2D eigenvalue weighted by atomic mass is 9.85. The summed E-state index contributed by atoms with van der Waals surface area (Å²) in [6.07, 6.45) is 4.23. The van der Waals surface area contributed by atoms with Crippen molar-refractivity contribution in [2.24, 2.45) is 5.92 Å². The van der Waals surface area contributed by atoms with Crippen molar-refractivity contribution in [2.75, 3.05) is 20.1 Å². The molecule has 2 aliphatic heterocycles. The van der Waals surface area contributed by atoms with Crippen LogP contribution in [0.5, 0.6) is 0 Å². The van der Waals surface area contributed by atoms with E-state index in [0.29, 0.717) is 6.42 Å². The zero-order valence-corrected chi connectivity index (χ0v) is 13.1. The monoisotopic (exact) mass is 323 g/mol. The van der Waals surface area contributed by atoms with Crippen molar-refractivity contribution in [2.45, 2.75) is 44.2 Å². The summed E-state index contributed by atoms with van der Waals surface area (Å²) in [7, 11) is 1.50. The van der Waals surface area contributed by atoms with Crippen molar-refractivity contribution < 1.29 is 24.3 Å². The van der Waals surface area contributed by atoms with Crippen molar-refractivity contribution in [3.05, 3.63) is 0 Å². The Labute approximate surface area is 134 Å². The van der Waals surface area contributed by atoms with Crippen LogP contribution in [0.1, 0.15) is 32.1 Å². The summed E-state index contributed by atoms with van der Waals surface area (Å²) in [5, 5.41) is 9.44. The first-order valence-corrected chi connectivity index (χ1v) is 7.99. The minimum Gasteiger partial charge on any atom is -0.480 e. The minimum atomic E-state index is -1.01. The zero-order valence-electron chi connectivity index (χ0n) is 13.1. The highest BCUT2D eigenvalue weighted by Gasteiger charge is 2.48. The highest BCUT2D eigenvalue weighted by molar-refractivity contribution is 6.04. The van der Waals surface area contributed by atoms with Gasteiger partial charge in [0.15, 0.2) is 0 Å². The summed E-state index contributed by atoms with van der Waals surface area (Å²) in [5.74, 6) is -1.66. The minimum absolute atomic E-state index is 0.0411. The van der Waals surface area contributed by atoms with Gasteiger partial charge in [-0.25, -0.2) is 9.59 Å². The van der Waals surface area contributed by atoms with Gasteiger partial charge in [0, 0.05) is 13.1 Å². The second-order valence-corrected chi connectivity index (χ2v) is 6.62. The van der Waals surface area contributed by atoms with E-state index in [2.05, 4.69) is 0 Å². The zero-order chi connectivity index (χ0) is 16.7. The average Bonchev–Trinajstić information content (AvgIpc) is 3.00. The summed E-state index contributed by atoms with van der Waals surface area (Å²) < 4.78 is 0. The third kappa shape index (κ3) is 2.66. The predicted molar refractivity (Wildman–Crippen MR) is 78.4 cm³/mol. The summed E-state index contributed by atoms with van der Waals surface area (Å²) >= 11 is 0. The number of hydrogen-bond acceptors (Lipinski definition) is 4. The Hall–Kier alpha value is -2.12. The molecule has 0 aromatic carbocycles. The van der Waals surface area contributed by atoms with Crippen molar-refractivity contribution in [3.8, 4) is 0 Å². The van der Waals surface area contributed by atoms with E-state index in [0.717, 1.165) is 30.6 Å². The molecule has 126 valence electrons. The van der Waals surface area contributed by atoms with Gasteiger partial charge in [0.1, 0.15) is 19.1 Å². The standard InChI is InChI=1S/C15H21N3O5/c1-16-7-12(19)17(15(16)23)8-13(20)18-10-5-3-2-4-9(10)6-11(18)14(21)22/h9-11H,2-8H2,1H3,(H,21,22)/t9-,10+,11-/m0/s1. The molecule has 1 saturated carbocycles. The number of imide groups is 1. The number of likely N-dealkylation sites (N-methyl/N-ethyl adjacent to an activating group) is 1. The van der Waals surface area contributed by atoms with Crippen LogP contribution in [0.2, 0.25) is 0 Å². The molecule has 2 heterocycles. The molecule has 0 spiro atoms. The quantitative estimate of drug-likeness (QED) is 0.744. The molecule has 2 saturated heterocycles. The number of aliphatic carboxylic acids is 1. The first kappa shape index (κ1) is 15.8. The predicted octanol–water partition coefficient (Wildman–Crippen LogP) is 0.125. The van der Waals surface area contributed by atoms with E-state index in [1.165, 1.54) is 16.8 Å². The van der Waals surface area contributed by atoms with Crippen LogP contribution in [0.3, 0.4) is 0 Å². The molecule has 0 aromatic rings. The van der Waals surface area contributed by atoms with Gasteiger partial charge in [-0.15, -0.1) is 0 Å². The fourth-order valence-electron chi connectivity index (χ4n) is 4.08. The molecule has 0 unspecified atom stereocenters. The summed E-state index contributed by atoms with van der Waals surface area (Å²) in [6, 6.07) is -1.43. The number of carbonyl (C=O) groups is 4. The van der Waals surface area contributed by atoms with E-state index >= 15 is 0 Å². The molecule has 3 rings (SSSR count). The number of rotatable bonds is 3. The lowest BCUT2D eigenvalue weighted by Crippen LogP contribution is -2.51. The van der Waals surface area contributed by atoms with Crippen LogP contribution >= 0.6 is 0 Å². The molecule has 23 heavy (non-hydrogen) atoms. The maximum Gasteiger partial charge on any atom is 0.327 e. The molecule has 4 amide bonds. The molecular weight excluding hydrogens is 302 g/mol. The van der Waals surface area contributed by atoms with Crippen LogP contribution in [-0.2, 0) is 14.4 Å². The number of carboxylic acid groups (broad SMARTS) is 1. The molecule has 3 atom stereocenters. The Balaban J connectivity index is 1.77. The number of hydrogen-bond donors (Lipinski definition) is 1. The van der Waals surface area contributed by atoms with Gasteiger partial charge in [-0.05, 0) is 25.2 Å². The third-order valence-corrected chi connectivity index (χ3v) is 5.19. The number of urea groups is 1. The third-order valence-electron chi connectivity index (χ3n) is 5.19. The van der Waals surface area contributed by atoms with E-state index < -0.39 is 29.9 Å². The van der Waals surface area contributed by atoms with Gasteiger partial charge in [0.2, 0.25) is 5.91 Å². The lowest BCUT2D eigenvalue weighted by Gasteiger charge is -2.33. The van der Waals surface area contributed by atoms with Crippen molar-refractivity contribution in [1.29, 1.82) is 0 Å². The number of carbonyl (C=O) groups excluding carboxylic acids is 3. The van der Waals surface area contributed by atoms with Crippen molar-refractivity contribution in [1.82, 2.24) is 14.7 Å². The molecular formula is C15H21N3O5. The number of fused-ring (bicyclic) bond motifs is 1. The first-order chi connectivity index (χ1) is 10.9. The van der Waals surface area contributed by atoms with Crippen molar-refractivity contribution >= 4 is 23.8 Å². The molecule has 0 radical (unpaired) electrons. The first-order valence-electron chi connectivity index (χ1n) is 7.99. The summed E-state index contributed by atoms with van der Waals surface area (Å²) in [6.45, 7) is -0.407. The fraction of sp³-hybridized carbons (Fsp3) is 0.733. The van der Waals surface area contributed by atoms with Crippen LogP contribution < -0.4 is 0 Å². The molecule has 1 aliphatic carbocycles. The van der Waals surface area contributed by atoms with E-state index in [1.807, 2.05) is 0 Å². The highest BCUT2D eigenvalue weighted by atomic mass is 16.4. The van der Waals surface area contributed by atoms with Gasteiger partial charge in [-0.2, -0.15) is 0 Å². The Kier molecular flexibility index (Phi) is 3.99. The van der Waals surface area contributed by atoms with Gasteiger partial charge in [-0.3, -0.25) is 14.5 Å². The SMILES string of the molecule is CN1CC(=O)N(CC(=O)N2[C@@H]3CCCC[C@H]3C[C@H]2C(=O)O)C1=O. The maximum absolute atomic E-state index is 12.7. The fourth-order valence-corrected chi connectivity index (χ4v) is 4.08. The highest BCUT2D eigenvalue weighted by Crippen LogP contribution is 2.39. The van der Waals surface area contributed by atoms with Crippen molar-refractivity contribution in [3.63, 3.8) is 0 Å². The lowest BCUT2D eigenvalue weighted by molar-refractivity contribution is -0.150. The molecule has 1 N–H and O–H groups in total. The summed E-state index contributed by atoms with van der Waals surface area (Å²) in [5.41, 5.74) is 0. The number of nitrogens with zero attached hydrogens (tertiary/aromatic N) is 3. The smallest absolute Gasteiger partial charge is 0.327 e. The number of carboxylic acids is 1. The van der Waals surface area contributed by atoms with Crippen LogP contribution in [0, 0.1) is 5.92 Å². The molecule has 0 bridgehead atoms. The topological polar surface area (TPSA) is 98.2 Å². The second-order valence-electron chi connectivity index (χ2n) is 6.62. The van der Waals surface area contributed by atoms with E-state index in [-0.39, 0.29) is 25.0 Å². The maximum atomic E-state index is 12.7. The average molecular weight is 323 g/mol. The Morgan fingerprint density at radius 2 is 1.91 bits per heavy atom.